The number of nitro groups is 1. The van der Waals surface area contributed by atoms with Crippen molar-refractivity contribution in [2.75, 3.05) is 24.2 Å². The summed E-state index contributed by atoms with van der Waals surface area (Å²) in [6.07, 6.45) is 0.202. The molecule has 21 heavy (non-hydrogen) atoms. The van der Waals surface area contributed by atoms with Crippen LogP contribution in [-0.4, -0.2) is 40.4 Å². The van der Waals surface area contributed by atoms with Crippen LogP contribution in [0.3, 0.4) is 0 Å². The second-order valence-corrected chi connectivity index (χ2v) is 4.74. The van der Waals surface area contributed by atoms with Crippen molar-refractivity contribution >= 4 is 23.4 Å². The smallest absolute Gasteiger partial charge is 0.332 e. The number of hydrogen-bond donors (Lipinski definition) is 3. The Balaban J connectivity index is 2.79. The van der Waals surface area contributed by atoms with Crippen molar-refractivity contribution in [3.05, 3.63) is 15.8 Å². The maximum Gasteiger partial charge on any atom is 0.332 e. The molecule has 0 unspecified atom stereocenters. The number of aryl methyl sites for hydroxylation is 1. The molecule has 0 aliphatic heterocycles. The highest BCUT2D eigenvalue weighted by Gasteiger charge is 2.21. The number of anilines is 2. The molecule has 0 spiro atoms. The van der Waals surface area contributed by atoms with Gasteiger partial charge in [-0.3, -0.25) is 14.9 Å². The van der Waals surface area contributed by atoms with Crippen molar-refractivity contribution in [3.8, 4) is 0 Å². The molecular formula is C12H20N6O3. The maximum atomic E-state index is 11.5. The van der Waals surface area contributed by atoms with Crippen LogP contribution in [0.2, 0.25) is 0 Å². The first kappa shape index (κ1) is 16.6. The highest BCUT2D eigenvalue weighted by Crippen LogP contribution is 2.26. The zero-order valence-corrected chi connectivity index (χ0v) is 12.6. The summed E-state index contributed by atoms with van der Waals surface area (Å²) in [6.45, 7) is 5.52. The molecule has 0 atom stereocenters. The van der Waals surface area contributed by atoms with E-state index >= 15 is 0 Å². The molecule has 1 heterocycles. The highest BCUT2D eigenvalue weighted by molar-refractivity contribution is 5.76. The summed E-state index contributed by atoms with van der Waals surface area (Å²) < 4.78 is 0. The Bertz CT molecular complexity index is 532. The van der Waals surface area contributed by atoms with E-state index in [9.17, 15) is 14.9 Å². The van der Waals surface area contributed by atoms with Crippen LogP contribution in [0.1, 0.15) is 26.0 Å². The molecule has 0 aliphatic rings. The lowest BCUT2D eigenvalue weighted by molar-refractivity contribution is -0.385. The van der Waals surface area contributed by atoms with Gasteiger partial charge in [-0.25, -0.2) is 4.98 Å². The number of hydrogen-bond acceptors (Lipinski definition) is 7. The van der Waals surface area contributed by atoms with Gasteiger partial charge in [-0.05, 0) is 20.8 Å². The van der Waals surface area contributed by atoms with Gasteiger partial charge in [-0.2, -0.15) is 4.98 Å². The van der Waals surface area contributed by atoms with E-state index in [0.29, 0.717) is 0 Å². The fourth-order valence-corrected chi connectivity index (χ4v) is 1.71. The summed E-state index contributed by atoms with van der Waals surface area (Å²) in [6, 6.07) is 0.0593. The van der Waals surface area contributed by atoms with E-state index < -0.39 is 4.92 Å². The molecule has 0 radical (unpaired) electrons. The van der Waals surface area contributed by atoms with Crippen molar-refractivity contribution in [2.24, 2.45) is 0 Å². The van der Waals surface area contributed by atoms with Crippen molar-refractivity contribution < 1.29 is 9.72 Å². The molecule has 0 aromatic carbocycles. The number of carbonyl (C=O) groups excluding carboxylic acids is 1. The van der Waals surface area contributed by atoms with E-state index in [2.05, 4.69) is 25.9 Å². The third-order valence-electron chi connectivity index (χ3n) is 2.56. The summed E-state index contributed by atoms with van der Waals surface area (Å²) in [5.74, 6) is 0.265. The molecule has 1 aromatic rings. The minimum atomic E-state index is -0.536. The van der Waals surface area contributed by atoms with E-state index in [1.165, 1.54) is 6.92 Å². The van der Waals surface area contributed by atoms with Gasteiger partial charge in [0.05, 0.1) is 4.92 Å². The molecule has 1 rings (SSSR count). The molecule has 9 nitrogen and oxygen atoms in total. The van der Waals surface area contributed by atoms with Gasteiger partial charge in [0.25, 0.3) is 0 Å². The first-order chi connectivity index (χ1) is 9.85. The van der Waals surface area contributed by atoms with Gasteiger partial charge in [0.2, 0.25) is 17.7 Å². The number of rotatable bonds is 7. The number of amides is 1. The zero-order valence-electron chi connectivity index (χ0n) is 12.6. The molecule has 0 aliphatic carbocycles. The fraction of sp³-hybridized carbons (Fsp3) is 0.583. The largest absolute Gasteiger partial charge is 0.364 e. The number of nitrogens with zero attached hydrogens (tertiary/aromatic N) is 3. The van der Waals surface area contributed by atoms with Crippen molar-refractivity contribution in [1.82, 2.24) is 15.3 Å². The first-order valence-corrected chi connectivity index (χ1v) is 6.59. The summed E-state index contributed by atoms with van der Waals surface area (Å²) in [7, 11) is 1.63. The molecule has 9 heteroatoms. The van der Waals surface area contributed by atoms with Gasteiger partial charge in [-0.1, -0.05) is 0 Å². The molecule has 3 N–H and O–H groups in total. The minimum absolute atomic E-state index is 0.0593. The Morgan fingerprint density at radius 2 is 2.05 bits per heavy atom. The normalized spacial score (nSPS) is 10.3. The van der Waals surface area contributed by atoms with E-state index in [-0.39, 0.29) is 48.1 Å². The number of carbonyl (C=O) groups is 1. The topological polar surface area (TPSA) is 122 Å². The standard InChI is InChI=1S/C12H20N6O3/c1-7(2)15-9(19)5-6-14-11-10(18(20)21)8(3)16-12(13-4)17-11/h7H,5-6H2,1-4H3,(H,15,19)(H2,13,14,16,17). The summed E-state index contributed by atoms with van der Waals surface area (Å²) in [4.78, 5) is 30.1. The number of nitrogens with one attached hydrogen (secondary N) is 3. The average molecular weight is 296 g/mol. The van der Waals surface area contributed by atoms with Crippen LogP contribution < -0.4 is 16.0 Å². The molecule has 0 saturated heterocycles. The van der Waals surface area contributed by atoms with Gasteiger partial charge in [0.15, 0.2) is 0 Å². The fourth-order valence-electron chi connectivity index (χ4n) is 1.71. The third-order valence-corrected chi connectivity index (χ3v) is 2.56. The SMILES string of the molecule is CNc1nc(C)c([N+](=O)[O-])c(NCCC(=O)NC(C)C)n1. The zero-order chi connectivity index (χ0) is 16.0. The van der Waals surface area contributed by atoms with Gasteiger partial charge < -0.3 is 16.0 Å². The lowest BCUT2D eigenvalue weighted by Crippen LogP contribution is -2.31. The average Bonchev–Trinajstić information content (AvgIpc) is 2.36. The molecule has 116 valence electrons. The third kappa shape index (κ3) is 4.86. The Labute approximate surface area is 122 Å². The van der Waals surface area contributed by atoms with Crippen molar-refractivity contribution in [1.29, 1.82) is 0 Å². The molecule has 0 fully saturated rings. The van der Waals surface area contributed by atoms with Crippen LogP contribution in [0.5, 0.6) is 0 Å². The predicted octanol–water partition coefficient (Wildman–Crippen LogP) is 1.06. The second kappa shape index (κ2) is 7.36. The van der Waals surface area contributed by atoms with Crippen LogP contribution in [0, 0.1) is 17.0 Å². The Kier molecular flexibility index (Phi) is 5.82. The quantitative estimate of drug-likeness (QED) is 0.508. The highest BCUT2D eigenvalue weighted by atomic mass is 16.6. The van der Waals surface area contributed by atoms with E-state index in [1.807, 2.05) is 13.8 Å². The van der Waals surface area contributed by atoms with Gasteiger partial charge >= 0.3 is 5.69 Å². The van der Waals surface area contributed by atoms with E-state index in [4.69, 9.17) is 0 Å². The summed E-state index contributed by atoms with van der Waals surface area (Å²) >= 11 is 0. The second-order valence-electron chi connectivity index (χ2n) is 4.74. The van der Waals surface area contributed by atoms with E-state index in [1.54, 1.807) is 7.05 Å². The lowest BCUT2D eigenvalue weighted by atomic mass is 10.3. The van der Waals surface area contributed by atoms with Crippen LogP contribution in [0.25, 0.3) is 0 Å². The number of aromatic nitrogens is 2. The van der Waals surface area contributed by atoms with Gasteiger partial charge in [0.1, 0.15) is 5.69 Å². The van der Waals surface area contributed by atoms with Gasteiger partial charge in [0, 0.05) is 26.1 Å². The lowest BCUT2D eigenvalue weighted by Gasteiger charge is -2.10. The summed E-state index contributed by atoms with van der Waals surface area (Å²) in [5, 5.41) is 19.4. The van der Waals surface area contributed by atoms with Crippen molar-refractivity contribution in [3.63, 3.8) is 0 Å². The van der Waals surface area contributed by atoms with Crippen LogP contribution in [0.4, 0.5) is 17.5 Å². The minimum Gasteiger partial charge on any atom is -0.364 e. The molecular weight excluding hydrogens is 276 g/mol. The predicted molar refractivity (Wildman–Crippen MR) is 79.4 cm³/mol. The monoisotopic (exact) mass is 296 g/mol. The Hall–Kier alpha value is -2.45. The molecule has 1 amide bonds. The van der Waals surface area contributed by atoms with Crippen molar-refractivity contribution in [2.45, 2.75) is 33.2 Å². The first-order valence-electron chi connectivity index (χ1n) is 6.59. The molecule has 0 saturated carbocycles. The van der Waals surface area contributed by atoms with Crippen LogP contribution in [0.15, 0.2) is 0 Å². The molecule has 0 bridgehead atoms. The maximum absolute atomic E-state index is 11.5. The Morgan fingerprint density at radius 1 is 1.38 bits per heavy atom. The van der Waals surface area contributed by atoms with Gasteiger partial charge in [-0.15, -0.1) is 0 Å². The van der Waals surface area contributed by atoms with Crippen LogP contribution in [-0.2, 0) is 4.79 Å². The molecule has 1 aromatic heterocycles. The van der Waals surface area contributed by atoms with E-state index in [0.717, 1.165) is 0 Å². The Morgan fingerprint density at radius 3 is 2.57 bits per heavy atom. The van der Waals surface area contributed by atoms with Crippen LogP contribution >= 0.6 is 0 Å². The summed E-state index contributed by atoms with van der Waals surface area (Å²) in [5.41, 5.74) is 0.0757.